The van der Waals surface area contributed by atoms with Crippen molar-refractivity contribution in [3.63, 3.8) is 0 Å². The Bertz CT molecular complexity index is 1150. The Labute approximate surface area is 184 Å². The zero-order valence-electron chi connectivity index (χ0n) is 17.6. The molecular formula is C24H22FN3O4. The minimum atomic E-state index is -0.621. The van der Waals surface area contributed by atoms with Gasteiger partial charge in [0.15, 0.2) is 0 Å². The van der Waals surface area contributed by atoms with Crippen molar-refractivity contribution in [2.75, 3.05) is 0 Å². The molecule has 3 aromatic rings. The predicted molar refractivity (Wildman–Crippen MR) is 117 cm³/mol. The van der Waals surface area contributed by atoms with Crippen molar-refractivity contribution in [3.05, 3.63) is 101 Å². The van der Waals surface area contributed by atoms with E-state index in [-0.39, 0.29) is 23.6 Å². The first-order valence-electron chi connectivity index (χ1n) is 9.75. The Morgan fingerprint density at radius 3 is 2.22 bits per heavy atom. The second-order valence-electron chi connectivity index (χ2n) is 7.01. The molecule has 0 saturated carbocycles. The van der Waals surface area contributed by atoms with Crippen molar-refractivity contribution in [2.24, 2.45) is 4.99 Å². The summed E-state index contributed by atoms with van der Waals surface area (Å²) < 4.78 is 18.4. The van der Waals surface area contributed by atoms with Gasteiger partial charge in [-0.15, -0.1) is 0 Å². The molecule has 0 bridgehead atoms. The van der Waals surface area contributed by atoms with Gasteiger partial charge in [-0.3, -0.25) is 14.8 Å². The number of halogens is 1. The molecular weight excluding hydrogens is 413 g/mol. The van der Waals surface area contributed by atoms with Crippen LogP contribution >= 0.6 is 0 Å². The van der Waals surface area contributed by atoms with Crippen LogP contribution in [0.4, 0.5) is 4.39 Å². The van der Waals surface area contributed by atoms with Crippen molar-refractivity contribution >= 4 is 23.1 Å². The second-order valence-corrected chi connectivity index (χ2v) is 7.01. The highest BCUT2D eigenvalue weighted by Gasteiger charge is 2.15. The summed E-state index contributed by atoms with van der Waals surface area (Å²) in [6.07, 6.45) is 3.05. The summed E-state index contributed by atoms with van der Waals surface area (Å²) in [7, 11) is 0. The standard InChI is InChI=1S/C24H22FN3O4/c1-15(18-7-9-21(25)10-8-18)22(27-16(2)20-11-12-32-14-20)24(30)26-13-17-3-5-19(6-4-17)23(29)28-31/h3-12,14,31H,13H2,1-2H3,(H,26,30)(H,28,29). The largest absolute Gasteiger partial charge is 0.472 e. The van der Waals surface area contributed by atoms with E-state index in [2.05, 4.69) is 10.3 Å². The van der Waals surface area contributed by atoms with Crippen LogP contribution in [0.3, 0.4) is 0 Å². The number of nitrogens with zero attached hydrogens (tertiary/aromatic N) is 1. The molecule has 0 aliphatic carbocycles. The lowest BCUT2D eigenvalue weighted by atomic mass is 10.0. The summed E-state index contributed by atoms with van der Waals surface area (Å²) >= 11 is 0. The number of carbonyl (C=O) groups excluding carboxylic acids is 2. The van der Waals surface area contributed by atoms with E-state index in [4.69, 9.17) is 9.62 Å². The van der Waals surface area contributed by atoms with Crippen molar-refractivity contribution in [1.82, 2.24) is 10.8 Å². The molecule has 164 valence electrons. The van der Waals surface area contributed by atoms with Gasteiger partial charge in [-0.1, -0.05) is 24.3 Å². The quantitative estimate of drug-likeness (QED) is 0.225. The number of hydroxylamine groups is 1. The van der Waals surface area contributed by atoms with E-state index in [9.17, 15) is 14.0 Å². The number of carbonyl (C=O) groups is 2. The van der Waals surface area contributed by atoms with Crippen LogP contribution in [0.25, 0.3) is 5.57 Å². The summed E-state index contributed by atoms with van der Waals surface area (Å²) in [5, 5.41) is 11.5. The molecule has 8 heteroatoms. The Kier molecular flexibility index (Phi) is 7.30. The van der Waals surface area contributed by atoms with Crippen LogP contribution < -0.4 is 10.8 Å². The number of rotatable bonds is 7. The smallest absolute Gasteiger partial charge is 0.274 e. The molecule has 0 fully saturated rings. The van der Waals surface area contributed by atoms with Crippen LogP contribution in [-0.4, -0.2) is 22.7 Å². The number of allylic oxidation sites excluding steroid dienone is 1. The molecule has 32 heavy (non-hydrogen) atoms. The fraction of sp³-hybridized carbons (Fsp3) is 0.125. The van der Waals surface area contributed by atoms with Gasteiger partial charge >= 0.3 is 0 Å². The zero-order chi connectivity index (χ0) is 23.1. The Morgan fingerprint density at radius 1 is 0.969 bits per heavy atom. The highest BCUT2D eigenvalue weighted by atomic mass is 19.1. The van der Waals surface area contributed by atoms with Gasteiger partial charge in [-0.2, -0.15) is 0 Å². The number of amides is 2. The normalized spacial score (nSPS) is 12.2. The van der Waals surface area contributed by atoms with E-state index in [0.29, 0.717) is 16.8 Å². The lowest BCUT2D eigenvalue weighted by molar-refractivity contribution is -0.117. The van der Waals surface area contributed by atoms with Crippen LogP contribution in [0.15, 0.2) is 82.2 Å². The Hall–Kier alpha value is -4.04. The van der Waals surface area contributed by atoms with Crippen LogP contribution in [0, 0.1) is 5.82 Å². The van der Waals surface area contributed by atoms with Crippen molar-refractivity contribution in [3.8, 4) is 0 Å². The Morgan fingerprint density at radius 2 is 1.62 bits per heavy atom. The highest BCUT2D eigenvalue weighted by molar-refractivity contribution is 6.06. The minimum Gasteiger partial charge on any atom is -0.472 e. The molecule has 0 radical (unpaired) electrons. The molecule has 0 atom stereocenters. The molecule has 2 aromatic carbocycles. The summed E-state index contributed by atoms with van der Waals surface area (Å²) in [5.41, 5.74) is 5.37. The third-order valence-corrected chi connectivity index (χ3v) is 4.84. The minimum absolute atomic E-state index is 0.187. The SMILES string of the molecule is CC(=NC(C(=O)NCc1ccc(C(=O)NO)cc1)=C(C)c1ccc(F)cc1)c1ccoc1. The Balaban J connectivity index is 1.86. The van der Waals surface area contributed by atoms with Crippen LogP contribution in [0.1, 0.15) is 40.9 Å². The van der Waals surface area contributed by atoms with Gasteiger partial charge in [-0.25, -0.2) is 14.9 Å². The van der Waals surface area contributed by atoms with Crippen LogP contribution in [-0.2, 0) is 11.3 Å². The molecule has 3 rings (SSSR count). The van der Waals surface area contributed by atoms with E-state index in [0.717, 1.165) is 11.1 Å². The van der Waals surface area contributed by atoms with Gasteiger partial charge in [0.05, 0.1) is 12.5 Å². The van der Waals surface area contributed by atoms with Crippen molar-refractivity contribution in [1.29, 1.82) is 0 Å². The molecule has 0 aliphatic rings. The molecule has 1 aromatic heterocycles. The molecule has 3 N–H and O–H groups in total. The molecule has 0 aliphatic heterocycles. The first kappa shape index (κ1) is 22.6. The van der Waals surface area contributed by atoms with Gasteiger partial charge in [0.1, 0.15) is 11.5 Å². The maximum Gasteiger partial charge on any atom is 0.274 e. The third kappa shape index (κ3) is 5.55. The first-order chi connectivity index (χ1) is 15.4. The molecule has 1 heterocycles. The average Bonchev–Trinajstić information content (AvgIpc) is 3.36. The molecule has 0 spiro atoms. The van der Waals surface area contributed by atoms with E-state index in [1.807, 2.05) is 0 Å². The fourth-order valence-electron chi connectivity index (χ4n) is 2.95. The monoisotopic (exact) mass is 435 g/mol. The van der Waals surface area contributed by atoms with Gasteiger partial charge in [0.25, 0.3) is 11.8 Å². The van der Waals surface area contributed by atoms with Crippen molar-refractivity contribution in [2.45, 2.75) is 20.4 Å². The summed E-state index contributed by atoms with van der Waals surface area (Å²) in [4.78, 5) is 29.0. The second kappa shape index (κ2) is 10.3. The zero-order valence-corrected chi connectivity index (χ0v) is 17.6. The topological polar surface area (TPSA) is 104 Å². The maximum absolute atomic E-state index is 13.3. The maximum atomic E-state index is 13.3. The van der Waals surface area contributed by atoms with Gasteiger partial charge in [-0.05, 0) is 60.9 Å². The highest BCUT2D eigenvalue weighted by Crippen LogP contribution is 2.21. The summed E-state index contributed by atoms with van der Waals surface area (Å²) in [6, 6.07) is 14.0. The van der Waals surface area contributed by atoms with E-state index in [1.165, 1.54) is 36.8 Å². The number of benzene rings is 2. The fourth-order valence-corrected chi connectivity index (χ4v) is 2.95. The summed E-state index contributed by atoms with van der Waals surface area (Å²) in [5.74, 6) is -1.40. The predicted octanol–water partition coefficient (Wildman–Crippen LogP) is 4.09. The van der Waals surface area contributed by atoms with E-state index >= 15 is 0 Å². The number of furan rings is 1. The van der Waals surface area contributed by atoms with Gasteiger partial charge in [0.2, 0.25) is 0 Å². The number of aliphatic imine (C=N–C) groups is 1. The average molecular weight is 435 g/mol. The number of hydrogen-bond donors (Lipinski definition) is 3. The summed E-state index contributed by atoms with van der Waals surface area (Å²) in [6.45, 7) is 3.71. The van der Waals surface area contributed by atoms with Gasteiger partial charge < -0.3 is 9.73 Å². The van der Waals surface area contributed by atoms with Crippen LogP contribution in [0.2, 0.25) is 0 Å². The molecule has 0 unspecified atom stereocenters. The first-order valence-corrected chi connectivity index (χ1v) is 9.75. The van der Waals surface area contributed by atoms with Crippen LogP contribution in [0.5, 0.6) is 0 Å². The number of nitrogens with one attached hydrogen (secondary N) is 2. The molecule has 0 saturated heterocycles. The third-order valence-electron chi connectivity index (χ3n) is 4.84. The molecule has 7 nitrogen and oxygen atoms in total. The van der Waals surface area contributed by atoms with Gasteiger partial charge in [0, 0.05) is 23.4 Å². The number of hydrogen-bond acceptors (Lipinski definition) is 5. The van der Waals surface area contributed by atoms with E-state index in [1.54, 1.807) is 49.7 Å². The van der Waals surface area contributed by atoms with E-state index < -0.39 is 11.8 Å². The lowest BCUT2D eigenvalue weighted by Gasteiger charge is -2.11. The lowest BCUT2D eigenvalue weighted by Crippen LogP contribution is -2.25. The van der Waals surface area contributed by atoms with Crippen molar-refractivity contribution < 1.29 is 23.6 Å². The molecule has 2 amide bonds.